The van der Waals surface area contributed by atoms with Gasteiger partial charge in [0.15, 0.2) is 0 Å². The number of hydrogen-bond acceptors (Lipinski definition) is 2. The van der Waals surface area contributed by atoms with Crippen LogP contribution in [0, 0.1) is 5.92 Å². The Morgan fingerprint density at radius 3 is 2.75 bits per heavy atom. The maximum atomic E-state index is 11.7. The van der Waals surface area contributed by atoms with Crippen LogP contribution in [0.5, 0.6) is 0 Å². The third-order valence-corrected chi connectivity index (χ3v) is 3.46. The molecule has 1 atom stereocenters. The van der Waals surface area contributed by atoms with Gasteiger partial charge in [0.25, 0.3) is 0 Å². The first-order chi connectivity index (χ1) is 7.54. The Bertz CT molecular complexity index is 233. The van der Waals surface area contributed by atoms with Crippen LogP contribution in [0.2, 0.25) is 0 Å². The monoisotopic (exact) mass is 246 g/mol. The largest absolute Gasteiger partial charge is 0.339 e. The van der Waals surface area contributed by atoms with Gasteiger partial charge < -0.3 is 9.80 Å². The zero-order valence-electron chi connectivity index (χ0n) is 10.6. The molecule has 1 aliphatic rings. The van der Waals surface area contributed by atoms with Crippen LogP contribution in [0.15, 0.2) is 0 Å². The highest BCUT2D eigenvalue weighted by Gasteiger charge is 2.23. The molecule has 0 bridgehead atoms. The zero-order chi connectivity index (χ0) is 12.1. The van der Waals surface area contributed by atoms with E-state index in [2.05, 4.69) is 25.8 Å². The molecule has 0 aromatic rings. The van der Waals surface area contributed by atoms with Crippen molar-refractivity contribution in [2.75, 3.05) is 32.6 Å². The first-order valence-electron chi connectivity index (χ1n) is 6.08. The summed E-state index contributed by atoms with van der Waals surface area (Å²) >= 11 is 5.64. The number of piperidine rings is 1. The Kier molecular flexibility index (Phi) is 5.56. The second-order valence-corrected chi connectivity index (χ2v) is 5.31. The molecular weight excluding hydrogens is 224 g/mol. The Hall–Kier alpha value is -0.280. The third-order valence-electron chi connectivity index (χ3n) is 3.23. The number of rotatable bonds is 4. The van der Waals surface area contributed by atoms with Gasteiger partial charge in [0, 0.05) is 19.1 Å². The number of amides is 1. The van der Waals surface area contributed by atoms with Gasteiger partial charge in [-0.25, -0.2) is 0 Å². The highest BCUT2D eigenvalue weighted by Crippen LogP contribution is 2.17. The molecule has 0 N–H and O–H groups in total. The van der Waals surface area contributed by atoms with E-state index in [9.17, 15) is 4.79 Å². The first-order valence-corrected chi connectivity index (χ1v) is 6.62. The fourth-order valence-electron chi connectivity index (χ4n) is 2.38. The summed E-state index contributed by atoms with van der Waals surface area (Å²) in [4.78, 5) is 15.9. The van der Waals surface area contributed by atoms with Crippen molar-refractivity contribution in [3.63, 3.8) is 0 Å². The fourth-order valence-corrected chi connectivity index (χ4v) is 2.53. The molecule has 3 nitrogen and oxygen atoms in total. The average Bonchev–Trinajstić information content (AvgIpc) is 2.24. The molecule has 1 unspecified atom stereocenters. The quantitative estimate of drug-likeness (QED) is 0.707. The number of carbonyl (C=O) groups excluding carboxylic acids is 1. The highest BCUT2D eigenvalue weighted by atomic mass is 35.5. The molecule has 0 saturated carbocycles. The van der Waals surface area contributed by atoms with E-state index in [4.69, 9.17) is 11.6 Å². The summed E-state index contributed by atoms with van der Waals surface area (Å²) in [6.07, 6.45) is 2.46. The molecule has 1 saturated heterocycles. The van der Waals surface area contributed by atoms with Gasteiger partial charge in [-0.15, -0.1) is 11.6 Å². The Morgan fingerprint density at radius 1 is 1.56 bits per heavy atom. The van der Waals surface area contributed by atoms with Gasteiger partial charge in [0.1, 0.15) is 5.88 Å². The minimum atomic E-state index is 0.0601. The molecule has 0 aromatic heterocycles. The summed E-state index contributed by atoms with van der Waals surface area (Å²) in [5.74, 6) is 0.763. The smallest absolute Gasteiger partial charge is 0.237 e. The topological polar surface area (TPSA) is 23.6 Å². The lowest BCUT2D eigenvalue weighted by atomic mass is 9.97. The van der Waals surface area contributed by atoms with Gasteiger partial charge >= 0.3 is 0 Å². The van der Waals surface area contributed by atoms with Crippen molar-refractivity contribution in [2.24, 2.45) is 5.92 Å². The third kappa shape index (κ3) is 3.95. The molecular formula is C12H23ClN2O. The summed E-state index contributed by atoms with van der Waals surface area (Å²) in [7, 11) is 2.15. The Morgan fingerprint density at radius 2 is 2.25 bits per heavy atom. The van der Waals surface area contributed by atoms with Crippen LogP contribution in [0.4, 0.5) is 0 Å². The van der Waals surface area contributed by atoms with E-state index in [0.29, 0.717) is 5.92 Å². The lowest BCUT2D eigenvalue weighted by Gasteiger charge is -2.35. The van der Waals surface area contributed by atoms with Crippen LogP contribution < -0.4 is 0 Å². The lowest BCUT2D eigenvalue weighted by Crippen LogP contribution is -2.45. The number of carbonyl (C=O) groups is 1. The molecule has 94 valence electrons. The molecule has 0 aliphatic carbocycles. The van der Waals surface area contributed by atoms with Gasteiger partial charge in [0.2, 0.25) is 5.91 Å². The minimum absolute atomic E-state index is 0.0601. The lowest BCUT2D eigenvalue weighted by molar-refractivity contribution is -0.131. The molecule has 0 aromatic carbocycles. The van der Waals surface area contributed by atoms with Crippen molar-refractivity contribution < 1.29 is 4.79 Å². The molecule has 0 radical (unpaired) electrons. The maximum absolute atomic E-state index is 11.7. The molecule has 4 heteroatoms. The van der Waals surface area contributed by atoms with Crippen molar-refractivity contribution in [2.45, 2.75) is 32.7 Å². The van der Waals surface area contributed by atoms with Gasteiger partial charge in [-0.05, 0) is 46.2 Å². The number of nitrogens with zero attached hydrogens (tertiary/aromatic N) is 2. The molecule has 1 heterocycles. The van der Waals surface area contributed by atoms with Crippen LogP contribution in [-0.4, -0.2) is 54.3 Å². The summed E-state index contributed by atoms with van der Waals surface area (Å²) in [5, 5.41) is 0. The van der Waals surface area contributed by atoms with E-state index >= 15 is 0 Å². The predicted molar refractivity (Wildman–Crippen MR) is 67.8 cm³/mol. The molecule has 1 aliphatic heterocycles. The van der Waals surface area contributed by atoms with Crippen molar-refractivity contribution >= 4 is 17.5 Å². The normalized spacial score (nSPS) is 22.4. The maximum Gasteiger partial charge on any atom is 0.237 e. The summed E-state index contributed by atoms with van der Waals surface area (Å²) in [6.45, 7) is 7.24. The standard InChI is InChI=1S/C12H23ClN2O/c1-10(2)15(12(16)7-13)9-11-5-4-6-14(3)8-11/h10-11H,4-9H2,1-3H3. The first kappa shape index (κ1) is 13.8. The zero-order valence-corrected chi connectivity index (χ0v) is 11.3. The molecule has 0 spiro atoms. The molecule has 1 amide bonds. The SMILES string of the molecule is CC(C)N(CC1CCCN(C)C1)C(=O)CCl. The van der Waals surface area contributed by atoms with Crippen molar-refractivity contribution in [3.05, 3.63) is 0 Å². The Labute approximate surface area is 104 Å². The van der Waals surface area contributed by atoms with Gasteiger partial charge in [-0.2, -0.15) is 0 Å². The summed E-state index contributed by atoms with van der Waals surface area (Å²) in [6, 6.07) is 0.249. The van der Waals surface area contributed by atoms with Crippen molar-refractivity contribution in [3.8, 4) is 0 Å². The second kappa shape index (κ2) is 6.45. The highest BCUT2D eigenvalue weighted by molar-refractivity contribution is 6.27. The summed E-state index contributed by atoms with van der Waals surface area (Å²) in [5.41, 5.74) is 0. The van der Waals surface area contributed by atoms with Crippen LogP contribution in [0.1, 0.15) is 26.7 Å². The van der Waals surface area contributed by atoms with E-state index in [0.717, 1.165) is 13.1 Å². The second-order valence-electron chi connectivity index (χ2n) is 5.04. The van der Waals surface area contributed by atoms with Crippen molar-refractivity contribution in [1.29, 1.82) is 0 Å². The summed E-state index contributed by atoms with van der Waals surface area (Å²) < 4.78 is 0. The van der Waals surface area contributed by atoms with E-state index < -0.39 is 0 Å². The van der Waals surface area contributed by atoms with Crippen LogP contribution in [0.25, 0.3) is 0 Å². The molecule has 16 heavy (non-hydrogen) atoms. The van der Waals surface area contributed by atoms with E-state index in [1.807, 2.05) is 4.90 Å². The van der Waals surface area contributed by atoms with Crippen LogP contribution in [-0.2, 0) is 4.79 Å². The Balaban J connectivity index is 2.50. The van der Waals surface area contributed by atoms with E-state index in [-0.39, 0.29) is 17.8 Å². The van der Waals surface area contributed by atoms with Crippen molar-refractivity contribution in [1.82, 2.24) is 9.80 Å². The molecule has 1 fully saturated rings. The fraction of sp³-hybridized carbons (Fsp3) is 0.917. The van der Waals surface area contributed by atoms with Crippen LogP contribution in [0.3, 0.4) is 0 Å². The number of likely N-dealkylation sites (tertiary alicyclic amines) is 1. The number of alkyl halides is 1. The molecule has 1 rings (SSSR count). The van der Waals surface area contributed by atoms with Gasteiger partial charge in [-0.1, -0.05) is 0 Å². The predicted octanol–water partition coefficient (Wildman–Crippen LogP) is 1.80. The van der Waals surface area contributed by atoms with Gasteiger partial charge in [-0.3, -0.25) is 4.79 Å². The minimum Gasteiger partial charge on any atom is -0.339 e. The van der Waals surface area contributed by atoms with Crippen LogP contribution >= 0.6 is 11.6 Å². The van der Waals surface area contributed by atoms with E-state index in [1.54, 1.807) is 0 Å². The van der Waals surface area contributed by atoms with E-state index in [1.165, 1.54) is 19.4 Å². The number of hydrogen-bond donors (Lipinski definition) is 0. The number of halogens is 1. The average molecular weight is 247 g/mol. The van der Waals surface area contributed by atoms with Gasteiger partial charge in [0.05, 0.1) is 0 Å².